The fourth-order valence-electron chi connectivity index (χ4n) is 3.75. The zero-order chi connectivity index (χ0) is 19.2. The molecule has 0 aliphatic carbocycles. The second-order valence-electron chi connectivity index (χ2n) is 7.13. The third kappa shape index (κ3) is 4.95. The average Bonchev–Trinajstić information content (AvgIpc) is 2.68. The van der Waals surface area contributed by atoms with Gasteiger partial charge in [-0.05, 0) is 49.5 Å². The summed E-state index contributed by atoms with van der Waals surface area (Å²) in [5, 5.41) is 14.7. The van der Waals surface area contributed by atoms with Crippen molar-refractivity contribution in [1.29, 1.82) is 0 Å². The van der Waals surface area contributed by atoms with E-state index in [1.807, 2.05) is 0 Å². The fourth-order valence-corrected chi connectivity index (χ4v) is 3.75. The maximum Gasteiger partial charge on any atom is 0.318 e. The highest BCUT2D eigenvalue weighted by molar-refractivity contribution is 5.89. The monoisotopic (exact) mass is 378 g/mol. The molecule has 1 aromatic carbocycles. The van der Waals surface area contributed by atoms with Crippen LogP contribution in [0.2, 0.25) is 0 Å². The van der Waals surface area contributed by atoms with Gasteiger partial charge < -0.3 is 25.5 Å². The van der Waals surface area contributed by atoms with Crippen molar-refractivity contribution in [2.45, 2.75) is 18.9 Å². The third-order valence-electron chi connectivity index (χ3n) is 5.32. The summed E-state index contributed by atoms with van der Waals surface area (Å²) in [7, 11) is 0. The molecule has 3 N–H and O–H groups in total. The molecule has 0 spiro atoms. The van der Waals surface area contributed by atoms with E-state index in [1.54, 1.807) is 12.1 Å². The Kier molecular flexibility index (Phi) is 6.63. The summed E-state index contributed by atoms with van der Waals surface area (Å²) in [6, 6.07) is 4.67. The van der Waals surface area contributed by atoms with Crippen molar-refractivity contribution in [3.05, 3.63) is 35.6 Å². The molecule has 2 aliphatic rings. The van der Waals surface area contributed by atoms with Crippen molar-refractivity contribution < 1.29 is 19.1 Å². The number of β-amino-alcohol motifs (C(OH)–C–C–N with tert-alkyl or cyclic N) is 1. The first-order chi connectivity index (χ1) is 13.1. The van der Waals surface area contributed by atoms with Crippen molar-refractivity contribution in [2.24, 2.45) is 5.92 Å². The molecule has 148 valence electrons. The molecular weight excluding hydrogens is 351 g/mol. The van der Waals surface area contributed by atoms with Crippen molar-refractivity contribution in [1.82, 2.24) is 20.4 Å². The molecule has 1 atom stereocenters. The number of benzene rings is 1. The van der Waals surface area contributed by atoms with Crippen molar-refractivity contribution >= 4 is 11.9 Å². The van der Waals surface area contributed by atoms with E-state index in [0.29, 0.717) is 37.7 Å². The van der Waals surface area contributed by atoms with Gasteiger partial charge in [0.2, 0.25) is 5.91 Å². The molecule has 2 saturated heterocycles. The standard InChI is InChI=1S/C19H27FN4O3/c20-16-3-1-15(2-4-16)17-18(26)21-7-10-24(17)19(27)22-13-14-5-8-23(9-6-14)11-12-25/h1-4,14,17,25H,5-13H2,(H,21,26)(H,22,27). The molecule has 0 aromatic heterocycles. The van der Waals surface area contributed by atoms with Crippen molar-refractivity contribution in [3.8, 4) is 0 Å². The third-order valence-corrected chi connectivity index (χ3v) is 5.32. The van der Waals surface area contributed by atoms with Crippen LogP contribution >= 0.6 is 0 Å². The number of aliphatic hydroxyl groups excluding tert-OH is 1. The number of carbonyl (C=O) groups excluding carboxylic acids is 2. The van der Waals surface area contributed by atoms with E-state index in [2.05, 4.69) is 15.5 Å². The minimum Gasteiger partial charge on any atom is -0.395 e. The SMILES string of the molecule is O=C1NCCN(C(=O)NCC2CCN(CCO)CC2)C1c1ccc(F)cc1. The van der Waals surface area contributed by atoms with Crippen LogP contribution in [0.4, 0.5) is 9.18 Å². The lowest BCUT2D eigenvalue weighted by molar-refractivity contribution is -0.127. The predicted octanol–water partition coefficient (Wildman–Crippen LogP) is 0.713. The summed E-state index contributed by atoms with van der Waals surface area (Å²) in [5.74, 6) is -0.231. The first-order valence-corrected chi connectivity index (χ1v) is 9.49. The zero-order valence-corrected chi connectivity index (χ0v) is 15.4. The van der Waals surface area contributed by atoms with E-state index < -0.39 is 6.04 Å². The van der Waals surface area contributed by atoms with Gasteiger partial charge in [0.25, 0.3) is 0 Å². The molecule has 0 bridgehead atoms. The number of nitrogens with one attached hydrogen (secondary N) is 2. The summed E-state index contributed by atoms with van der Waals surface area (Å²) >= 11 is 0. The van der Waals surface area contributed by atoms with Gasteiger partial charge in [-0.15, -0.1) is 0 Å². The van der Waals surface area contributed by atoms with Gasteiger partial charge in [-0.1, -0.05) is 12.1 Å². The van der Waals surface area contributed by atoms with Crippen LogP contribution < -0.4 is 10.6 Å². The van der Waals surface area contributed by atoms with Crippen LogP contribution in [0, 0.1) is 11.7 Å². The summed E-state index contributed by atoms with van der Waals surface area (Å²) in [6.07, 6.45) is 1.95. The molecule has 2 fully saturated rings. The Morgan fingerprint density at radius 1 is 1.22 bits per heavy atom. The Labute approximate surface area is 158 Å². The van der Waals surface area contributed by atoms with Gasteiger partial charge in [-0.3, -0.25) is 4.79 Å². The average molecular weight is 378 g/mol. The largest absolute Gasteiger partial charge is 0.395 e. The maximum atomic E-state index is 13.2. The number of amides is 3. The number of urea groups is 1. The molecule has 0 radical (unpaired) electrons. The number of hydrogen-bond donors (Lipinski definition) is 3. The van der Waals surface area contributed by atoms with Crippen LogP contribution in [0.15, 0.2) is 24.3 Å². The van der Waals surface area contributed by atoms with E-state index >= 15 is 0 Å². The van der Waals surface area contributed by atoms with Crippen LogP contribution in [0.3, 0.4) is 0 Å². The van der Waals surface area contributed by atoms with Gasteiger partial charge in [0.15, 0.2) is 0 Å². The first kappa shape index (κ1) is 19.6. The summed E-state index contributed by atoms with van der Waals surface area (Å²) in [4.78, 5) is 28.8. The number of piperazine rings is 1. The first-order valence-electron chi connectivity index (χ1n) is 9.49. The van der Waals surface area contributed by atoms with Gasteiger partial charge in [-0.25, -0.2) is 9.18 Å². The van der Waals surface area contributed by atoms with Gasteiger partial charge in [-0.2, -0.15) is 0 Å². The minimum absolute atomic E-state index is 0.170. The van der Waals surface area contributed by atoms with Gasteiger partial charge in [0, 0.05) is 26.2 Å². The highest BCUT2D eigenvalue weighted by Gasteiger charge is 2.34. The zero-order valence-electron chi connectivity index (χ0n) is 15.4. The van der Waals surface area contributed by atoms with Crippen LogP contribution in [-0.4, -0.2) is 72.7 Å². The van der Waals surface area contributed by atoms with E-state index in [-0.39, 0.29) is 24.4 Å². The Balaban J connectivity index is 1.57. The van der Waals surface area contributed by atoms with E-state index in [1.165, 1.54) is 17.0 Å². The fraction of sp³-hybridized carbons (Fsp3) is 0.579. The van der Waals surface area contributed by atoms with Gasteiger partial charge >= 0.3 is 6.03 Å². The lowest BCUT2D eigenvalue weighted by Gasteiger charge is -2.36. The van der Waals surface area contributed by atoms with Crippen LogP contribution in [0.1, 0.15) is 24.4 Å². The number of hydrogen-bond acceptors (Lipinski definition) is 4. The molecule has 1 unspecified atom stereocenters. The number of rotatable bonds is 5. The van der Waals surface area contributed by atoms with Gasteiger partial charge in [0.05, 0.1) is 6.61 Å². The highest BCUT2D eigenvalue weighted by Crippen LogP contribution is 2.24. The maximum absolute atomic E-state index is 13.2. The quantitative estimate of drug-likeness (QED) is 0.705. The number of piperidine rings is 1. The molecule has 3 rings (SSSR count). The molecule has 0 saturated carbocycles. The number of aliphatic hydroxyl groups is 1. The Bertz CT molecular complexity index is 647. The van der Waals surface area contributed by atoms with E-state index in [9.17, 15) is 14.0 Å². The normalized spacial score (nSPS) is 21.8. The van der Waals surface area contributed by atoms with Crippen LogP contribution in [0.25, 0.3) is 0 Å². The molecular formula is C19H27FN4O3. The summed E-state index contributed by atoms with van der Waals surface area (Å²) in [5.41, 5.74) is 0.598. The smallest absolute Gasteiger partial charge is 0.318 e. The van der Waals surface area contributed by atoms with Crippen LogP contribution in [-0.2, 0) is 4.79 Å². The lowest BCUT2D eigenvalue weighted by Crippen LogP contribution is -2.55. The van der Waals surface area contributed by atoms with Crippen molar-refractivity contribution in [2.75, 3.05) is 45.9 Å². The summed E-state index contributed by atoms with van der Waals surface area (Å²) < 4.78 is 13.2. The Morgan fingerprint density at radius 3 is 2.59 bits per heavy atom. The topological polar surface area (TPSA) is 84.9 Å². The highest BCUT2D eigenvalue weighted by atomic mass is 19.1. The molecule has 27 heavy (non-hydrogen) atoms. The second-order valence-corrected chi connectivity index (χ2v) is 7.13. The lowest BCUT2D eigenvalue weighted by atomic mass is 9.97. The van der Waals surface area contributed by atoms with Gasteiger partial charge in [0.1, 0.15) is 11.9 Å². The van der Waals surface area contributed by atoms with Crippen LogP contribution in [0.5, 0.6) is 0 Å². The Hall–Kier alpha value is -2.19. The number of carbonyl (C=O) groups is 2. The van der Waals surface area contributed by atoms with E-state index in [4.69, 9.17) is 5.11 Å². The summed E-state index contributed by atoms with van der Waals surface area (Å²) in [6.45, 7) is 4.10. The van der Waals surface area contributed by atoms with Crippen molar-refractivity contribution in [3.63, 3.8) is 0 Å². The molecule has 8 heteroatoms. The Morgan fingerprint density at radius 2 is 1.93 bits per heavy atom. The number of likely N-dealkylation sites (tertiary alicyclic amines) is 1. The second kappa shape index (κ2) is 9.14. The molecule has 2 aliphatic heterocycles. The number of nitrogens with zero attached hydrogens (tertiary/aromatic N) is 2. The molecule has 3 amide bonds. The molecule has 2 heterocycles. The molecule has 7 nitrogen and oxygen atoms in total. The predicted molar refractivity (Wildman–Crippen MR) is 98.5 cm³/mol. The minimum atomic E-state index is -0.745. The van der Waals surface area contributed by atoms with E-state index in [0.717, 1.165) is 25.9 Å². The number of halogens is 1. The molecule has 1 aromatic rings.